The van der Waals surface area contributed by atoms with Crippen LogP contribution in [0.25, 0.3) is 0 Å². The number of carbonyl (C=O) groups is 1. The molecular weight excluding hydrogens is 470 g/mol. The van der Waals surface area contributed by atoms with Gasteiger partial charge in [-0.25, -0.2) is 8.42 Å². The van der Waals surface area contributed by atoms with E-state index < -0.39 is 26.9 Å². The van der Waals surface area contributed by atoms with Crippen molar-refractivity contribution in [1.82, 2.24) is 4.72 Å². The van der Waals surface area contributed by atoms with E-state index in [0.717, 1.165) is 0 Å². The van der Waals surface area contributed by atoms with E-state index in [1.807, 2.05) is 0 Å². The summed E-state index contributed by atoms with van der Waals surface area (Å²) < 4.78 is 33.8. The smallest absolute Gasteiger partial charge is 0.271 e. The molecule has 0 saturated carbocycles. The summed E-state index contributed by atoms with van der Waals surface area (Å²) in [4.78, 5) is 23.3. The van der Waals surface area contributed by atoms with Crippen LogP contribution in [0.2, 0.25) is 5.02 Å². The normalized spacial score (nSPS) is 12.1. The quantitative estimate of drug-likeness (QED) is 0.347. The molecule has 33 heavy (non-hydrogen) atoms. The monoisotopic (exact) mass is 489 g/mol. The first-order valence-corrected chi connectivity index (χ1v) is 11.5. The Labute approximate surface area is 195 Å². The molecule has 3 rings (SSSR count). The first-order valence-electron chi connectivity index (χ1n) is 9.65. The van der Waals surface area contributed by atoms with Crippen LogP contribution >= 0.6 is 11.6 Å². The minimum absolute atomic E-state index is 0.0315. The van der Waals surface area contributed by atoms with Crippen molar-refractivity contribution in [2.45, 2.75) is 17.4 Å². The lowest BCUT2D eigenvalue weighted by atomic mass is 10.1. The molecule has 11 heteroatoms. The molecule has 0 heterocycles. The molecule has 9 nitrogen and oxygen atoms in total. The van der Waals surface area contributed by atoms with E-state index in [1.165, 1.54) is 49.6 Å². The number of benzene rings is 3. The van der Waals surface area contributed by atoms with Gasteiger partial charge < -0.3 is 10.1 Å². The predicted molar refractivity (Wildman–Crippen MR) is 124 cm³/mol. The fraction of sp³-hybridized carbons (Fsp3) is 0.136. The summed E-state index contributed by atoms with van der Waals surface area (Å²) in [6.45, 7) is 0. The van der Waals surface area contributed by atoms with Gasteiger partial charge in [0.25, 0.3) is 5.69 Å². The van der Waals surface area contributed by atoms with Crippen LogP contribution in [0.1, 0.15) is 5.56 Å². The molecule has 0 aliphatic heterocycles. The van der Waals surface area contributed by atoms with Crippen LogP contribution in [0.5, 0.6) is 5.75 Å². The molecule has 3 aromatic carbocycles. The Balaban J connectivity index is 1.93. The highest BCUT2D eigenvalue weighted by atomic mass is 35.5. The highest BCUT2D eigenvalue weighted by Crippen LogP contribution is 2.27. The van der Waals surface area contributed by atoms with Gasteiger partial charge in [0.15, 0.2) is 0 Å². The summed E-state index contributed by atoms with van der Waals surface area (Å²) in [5, 5.41) is 13.7. The number of nitro groups is 1. The number of rotatable bonds is 9. The average Bonchev–Trinajstić information content (AvgIpc) is 2.79. The lowest BCUT2D eigenvalue weighted by Gasteiger charge is -2.20. The number of sulfonamides is 1. The van der Waals surface area contributed by atoms with Crippen molar-refractivity contribution in [3.63, 3.8) is 0 Å². The molecule has 0 bridgehead atoms. The van der Waals surface area contributed by atoms with Crippen molar-refractivity contribution in [1.29, 1.82) is 0 Å². The van der Waals surface area contributed by atoms with Crippen molar-refractivity contribution < 1.29 is 22.9 Å². The van der Waals surface area contributed by atoms with Gasteiger partial charge in [-0.05, 0) is 36.2 Å². The predicted octanol–water partition coefficient (Wildman–Crippen LogP) is 3.79. The van der Waals surface area contributed by atoms with Crippen molar-refractivity contribution in [3.8, 4) is 5.75 Å². The lowest BCUT2D eigenvalue weighted by molar-refractivity contribution is -0.384. The Bertz CT molecular complexity index is 1270. The molecule has 0 radical (unpaired) electrons. The third-order valence-corrected chi connectivity index (χ3v) is 6.36. The SMILES string of the molecule is COc1ccc(Cl)cc1S(=O)(=O)NC(Cc1ccccc1)C(=O)Nc1cccc([N+](=O)[O-])c1. The minimum Gasteiger partial charge on any atom is -0.495 e. The summed E-state index contributed by atoms with van der Waals surface area (Å²) in [5.41, 5.74) is 0.654. The highest BCUT2D eigenvalue weighted by molar-refractivity contribution is 7.89. The van der Waals surface area contributed by atoms with Crippen LogP contribution in [0.3, 0.4) is 0 Å². The Morgan fingerprint density at radius 2 is 1.82 bits per heavy atom. The van der Waals surface area contributed by atoms with Crippen molar-refractivity contribution in [2.24, 2.45) is 0 Å². The molecule has 0 saturated heterocycles. The number of hydrogen-bond acceptors (Lipinski definition) is 6. The second-order valence-electron chi connectivity index (χ2n) is 6.96. The number of nitrogens with zero attached hydrogens (tertiary/aromatic N) is 1. The Kier molecular flexibility index (Phi) is 7.64. The number of ether oxygens (including phenoxy) is 1. The van der Waals surface area contributed by atoms with Crippen LogP contribution in [0, 0.1) is 10.1 Å². The molecular formula is C22H20ClN3O6S. The lowest BCUT2D eigenvalue weighted by Crippen LogP contribution is -2.45. The maximum Gasteiger partial charge on any atom is 0.271 e. The third kappa shape index (κ3) is 6.28. The van der Waals surface area contributed by atoms with Gasteiger partial charge in [-0.3, -0.25) is 14.9 Å². The Morgan fingerprint density at radius 1 is 1.09 bits per heavy atom. The van der Waals surface area contributed by atoms with E-state index in [1.54, 1.807) is 30.3 Å². The fourth-order valence-corrected chi connectivity index (χ4v) is 4.70. The van der Waals surface area contributed by atoms with Gasteiger partial charge in [0.2, 0.25) is 15.9 Å². The summed E-state index contributed by atoms with van der Waals surface area (Å²) in [7, 11) is -2.91. The summed E-state index contributed by atoms with van der Waals surface area (Å²) in [5.74, 6) is -0.631. The Morgan fingerprint density at radius 3 is 2.48 bits per heavy atom. The number of amides is 1. The second-order valence-corrected chi connectivity index (χ2v) is 9.07. The van der Waals surface area contributed by atoms with Crippen LogP contribution in [0.4, 0.5) is 11.4 Å². The first kappa shape index (κ1) is 24.2. The zero-order chi connectivity index (χ0) is 24.0. The molecule has 0 aliphatic carbocycles. The molecule has 2 N–H and O–H groups in total. The minimum atomic E-state index is -4.23. The average molecular weight is 490 g/mol. The largest absolute Gasteiger partial charge is 0.495 e. The molecule has 1 atom stereocenters. The number of hydrogen-bond donors (Lipinski definition) is 2. The van der Waals surface area contributed by atoms with E-state index in [9.17, 15) is 23.3 Å². The number of non-ortho nitro benzene ring substituents is 1. The fourth-order valence-electron chi connectivity index (χ4n) is 3.08. The number of nitrogens with one attached hydrogen (secondary N) is 2. The molecule has 172 valence electrons. The van der Waals surface area contributed by atoms with E-state index in [2.05, 4.69) is 10.0 Å². The van der Waals surface area contributed by atoms with Gasteiger partial charge in [0.05, 0.1) is 12.0 Å². The highest BCUT2D eigenvalue weighted by Gasteiger charge is 2.29. The number of halogens is 1. The van der Waals surface area contributed by atoms with E-state index in [0.29, 0.717) is 5.56 Å². The number of carbonyl (C=O) groups excluding carboxylic acids is 1. The third-order valence-electron chi connectivity index (χ3n) is 4.64. The zero-order valence-electron chi connectivity index (χ0n) is 17.4. The van der Waals surface area contributed by atoms with Gasteiger partial charge in [-0.2, -0.15) is 4.72 Å². The summed E-state index contributed by atoms with van der Waals surface area (Å²) in [6, 6.07) is 17.1. The number of nitro benzene ring substituents is 1. The topological polar surface area (TPSA) is 128 Å². The molecule has 1 unspecified atom stereocenters. The van der Waals surface area contributed by atoms with E-state index >= 15 is 0 Å². The number of anilines is 1. The van der Waals surface area contributed by atoms with Crippen LogP contribution in [-0.2, 0) is 21.2 Å². The first-order chi connectivity index (χ1) is 15.7. The van der Waals surface area contributed by atoms with Crippen LogP contribution < -0.4 is 14.8 Å². The maximum atomic E-state index is 13.1. The van der Waals surface area contributed by atoms with Crippen molar-refractivity contribution in [3.05, 3.63) is 93.5 Å². The van der Waals surface area contributed by atoms with Crippen LogP contribution in [0.15, 0.2) is 77.7 Å². The standard InChI is InChI=1S/C22H20ClN3O6S/c1-32-20-11-10-16(23)13-21(20)33(30,31)25-19(12-15-6-3-2-4-7-15)22(27)24-17-8-5-9-18(14-17)26(28)29/h2-11,13-14,19,25H,12H2,1H3,(H,24,27). The summed E-state index contributed by atoms with van der Waals surface area (Å²) >= 11 is 5.97. The van der Waals surface area contributed by atoms with Crippen molar-refractivity contribution >= 4 is 38.9 Å². The van der Waals surface area contributed by atoms with Gasteiger partial charge in [-0.1, -0.05) is 48.0 Å². The van der Waals surface area contributed by atoms with Gasteiger partial charge in [0, 0.05) is 22.8 Å². The van der Waals surface area contributed by atoms with Crippen molar-refractivity contribution in [2.75, 3.05) is 12.4 Å². The number of methoxy groups -OCH3 is 1. The Hall–Kier alpha value is -3.47. The molecule has 3 aromatic rings. The second kappa shape index (κ2) is 10.4. The maximum absolute atomic E-state index is 13.1. The van der Waals surface area contributed by atoms with Gasteiger partial charge >= 0.3 is 0 Å². The molecule has 0 fully saturated rings. The van der Waals surface area contributed by atoms with Crippen LogP contribution in [-0.4, -0.2) is 32.4 Å². The molecule has 0 aliphatic rings. The zero-order valence-corrected chi connectivity index (χ0v) is 19.0. The molecule has 0 spiro atoms. The summed E-state index contributed by atoms with van der Waals surface area (Å²) in [6.07, 6.45) is 0.0315. The van der Waals surface area contributed by atoms with E-state index in [4.69, 9.17) is 16.3 Å². The van der Waals surface area contributed by atoms with Gasteiger partial charge in [0.1, 0.15) is 16.7 Å². The molecule has 1 amide bonds. The molecule has 0 aromatic heterocycles. The van der Waals surface area contributed by atoms with E-state index in [-0.39, 0.29) is 33.5 Å². The van der Waals surface area contributed by atoms with Gasteiger partial charge in [-0.15, -0.1) is 0 Å².